The van der Waals surface area contributed by atoms with Crippen LogP contribution in [0.25, 0.3) is 22.6 Å². The molecule has 2 aromatic heterocycles. The largest absolute Gasteiger partial charge is 0.368 e. The van der Waals surface area contributed by atoms with Gasteiger partial charge in [-0.25, -0.2) is 9.97 Å². The third-order valence-corrected chi connectivity index (χ3v) is 4.21. The Morgan fingerprint density at radius 1 is 1.38 bits per heavy atom. The fourth-order valence-electron chi connectivity index (χ4n) is 2.68. The van der Waals surface area contributed by atoms with Crippen molar-refractivity contribution in [2.24, 2.45) is 0 Å². The first-order valence-electron chi connectivity index (χ1n) is 7.75. The molecule has 6 nitrogen and oxygen atoms in total. The van der Waals surface area contributed by atoms with Crippen LogP contribution in [0.15, 0.2) is 30.5 Å². The fraction of sp³-hybridized carbons (Fsp3) is 0.105. The second-order valence-corrected chi connectivity index (χ2v) is 6.08. The molecule has 2 heterocycles. The number of benzene rings is 1. The average Bonchev–Trinajstić information content (AvgIpc) is 3.08. The van der Waals surface area contributed by atoms with Crippen LogP contribution < -0.4 is 11.1 Å². The molecule has 0 radical (unpaired) electrons. The lowest BCUT2D eigenvalue weighted by Gasteiger charge is -2.07. The van der Waals surface area contributed by atoms with Gasteiger partial charge in [0.05, 0.1) is 22.5 Å². The number of aryl methyl sites for hydroxylation is 1. The monoisotopic (exact) mass is 365 g/mol. The van der Waals surface area contributed by atoms with E-state index in [1.54, 1.807) is 25.2 Å². The van der Waals surface area contributed by atoms with Gasteiger partial charge in [-0.05, 0) is 30.7 Å². The maximum atomic E-state index is 12.4. The van der Waals surface area contributed by atoms with E-state index in [0.717, 1.165) is 11.1 Å². The molecular formula is C19H16ClN5O. The van der Waals surface area contributed by atoms with Crippen molar-refractivity contribution < 1.29 is 4.79 Å². The third-order valence-electron chi connectivity index (χ3n) is 3.98. The van der Waals surface area contributed by atoms with Gasteiger partial charge in [-0.2, -0.15) is 0 Å². The number of hydrogen-bond donors (Lipinski definition) is 3. The minimum Gasteiger partial charge on any atom is -0.368 e. The van der Waals surface area contributed by atoms with E-state index >= 15 is 0 Å². The summed E-state index contributed by atoms with van der Waals surface area (Å²) in [6, 6.07) is 7.18. The molecule has 1 aromatic carbocycles. The van der Waals surface area contributed by atoms with E-state index in [1.165, 1.54) is 6.20 Å². The van der Waals surface area contributed by atoms with Gasteiger partial charge in [0, 0.05) is 23.8 Å². The van der Waals surface area contributed by atoms with Crippen LogP contribution in [0.5, 0.6) is 0 Å². The highest BCUT2D eigenvalue weighted by Gasteiger charge is 2.20. The Kier molecular flexibility index (Phi) is 4.65. The van der Waals surface area contributed by atoms with E-state index in [4.69, 9.17) is 23.8 Å². The fourth-order valence-corrected chi connectivity index (χ4v) is 2.85. The zero-order chi connectivity index (χ0) is 18.8. The van der Waals surface area contributed by atoms with Gasteiger partial charge in [0.15, 0.2) is 0 Å². The minimum absolute atomic E-state index is 0.0931. The molecule has 0 spiro atoms. The normalized spacial score (nSPS) is 10.4. The number of nitrogens with zero attached hydrogens (tertiary/aromatic N) is 2. The quantitative estimate of drug-likeness (QED) is 0.621. The molecule has 4 N–H and O–H groups in total. The molecule has 0 saturated heterocycles. The van der Waals surface area contributed by atoms with Crippen molar-refractivity contribution in [2.45, 2.75) is 6.92 Å². The van der Waals surface area contributed by atoms with Gasteiger partial charge in [0.2, 0.25) is 5.95 Å². The zero-order valence-electron chi connectivity index (χ0n) is 14.2. The number of aromatic amines is 1. The predicted molar refractivity (Wildman–Crippen MR) is 103 cm³/mol. The number of H-pyrrole nitrogens is 1. The van der Waals surface area contributed by atoms with Crippen LogP contribution >= 0.6 is 11.6 Å². The van der Waals surface area contributed by atoms with Crippen molar-refractivity contribution >= 4 is 23.5 Å². The summed E-state index contributed by atoms with van der Waals surface area (Å²) < 4.78 is 0. The van der Waals surface area contributed by atoms with Crippen LogP contribution in [0.3, 0.4) is 0 Å². The summed E-state index contributed by atoms with van der Waals surface area (Å²) in [5, 5.41) is 3.21. The maximum Gasteiger partial charge on any atom is 0.253 e. The van der Waals surface area contributed by atoms with E-state index in [-0.39, 0.29) is 11.9 Å². The number of halogens is 1. The van der Waals surface area contributed by atoms with E-state index in [9.17, 15) is 4.79 Å². The molecule has 3 rings (SSSR count). The van der Waals surface area contributed by atoms with Crippen LogP contribution in [0.4, 0.5) is 5.95 Å². The van der Waals surface area contributed by atoms with Crippen molar-refractivity contribution in [2.75, 3.05) is 12.8 Å². The molecule has 0 fully saturated rings. The highest BCUT2D eigenvalue weighted by Crippen LogP contribution is 2.33. The van der Waals surface area contributed by atoms with E-state index in [0.29, 0.717) is 33.2 Å². The molecule has 0 saturated carbocycles. The Balaban J connectivity index is 2.27. The molecule has 130 valence electrons. The molecule has 0 unspecified atom stereocenters. The molecule has 7 heteroatoms. The summed E-state index contributed by atoms with van der Waals surface area (Å²) in [6.45, 7) is 1.94. The van der Waals surface area contributed by atoms with E-state index < -0.39 is 0 Å². The number of aromatic nitrogens is 3. The van der Waals surface area contributed by atoms with Gasteiger partial charge in [-0.1, -0.05) is 23.6 Å². The van der Waals surface area contributed by atoms with Crippen molar-refractivity contribution in [3.05, 3.63) is 52.2 Å². The summed E-state index contributed by atoms with van der Waals surface area (Å²) in [5.74, 6) is 2.38. The minimum atomic E-state index is -0.244. The lowest BCUT2D eigenvalue weighted by atomic mass is 10.0. The number of rotatable bonds is 3. The first kappa shape index (κ1) is 17.5. The average molecular weight is 366 g/mol. The van der Waals surface area contributed by atoms with Gasteiger partial charge in [-0.3, -0.25) is 4.79 Å². The number of amides is 1. The van der Waals surface area contributed by atoms with Gasteiger partial charge < -0.3 is 16.0 Å². The third kappa shape index (κ3) is 3.13. The lowest BCUT2D eigenvalue weighted by molar-refractivity contribution is 0.0964. The topological polar surface area (TPSA) is 96.7 Å². The Bertz CT molecular complexity index is 1050. The molecule has 0 aliphatic heterocycles. The van der Waals surface area contributed by atoms with Crippen LogP contribution in [0.1, 0.15) is 21.5 Å². The summed E-state index contributed by atoms with van der Waals surface area (Å²) in [5.41, 5.74) is 10.1. The zero-order valence-corrected chi connectivity index (χ0v) is 15.0. The molecule has 3 aromatic rings. The van der Waals surface area contributed by atoms with E-state index in [2.05, 4.69) is 26.2 Å². The number of nitrogens with one attached hydrogen (secondary N) is 2. The maximum absolute atomic E-state index is 12.4. The number of carbonyl (C=O) groups excluding carboxylic acids is 1. The molecule has 0 aliphatic rings. The second kappa shape index (κ2) is 6.90. The summed E-state index contributed by atoms with van der Waals surface area (Å²) in [6.07, 6.45) is 7.02. The van der Waals surface area contributed by atoms with Crippen molar-refractivity contribution in [1.29, 1.82) is 0 Å². The van der Waals surface area contributed by atoms with E-state index in [1.807, 2.05) is 13.0 Å². The first-order valence-corrected chi connectivity index (χ1v) is 8.13. The van der Waals surface area contributed by atoms with Crippen LogP contribution in [0, 0.1) is 19.3 Å². The van der Waals surface area contributed by atoms with Crippen molar-refractivity contribution in [3.63, 3.8) is 0 Å². The molecule has 0 atom stereocenters. The summed E-state index contributed by atoms with van der Waals surface area (Å²) in [7, 11) is 1.57. The predicted octanol–water partition coefficient (Wildman–Crippen LogP) is 3.02. The molecular weight excluding hydrogens is 350 g/mol. The highest BCUT2D eigenvalue weighted by molar-refractivity contribution is 6.31. The molecule has 0 bridgehead atoms. The van der Waals surface area contributed by atoms with Gasteiger partial charge in [-0.15, -0.1) is 6.42 Å². The van der Waals surface area contributed by atoms with Gasteiger partial charge >= 0.3 is 0 Å². The molecule has 1 amide bonds. The first-order chi connectivity index (χ1) is 12.4. The SMILES string of the molecule is C#Cc1cnc(N)nc1-c1cc(C(=O)NC)c(-c2cc(Cl)ccc2C)[nH]1. The Labute approximate surface area is 155 Å². The van der Waals surface area contributed by atoms with Crippen molar-refractivity contribution in [1.82, 2.24) is 20.3 Å². The highest BCUT2D eigenvalue weighted by atomic mass is 35.5. The van der Waals surface area contributed by atoms with Crippen LogP contribution in [-0.2, 0) is 0 Å². The summed E-state index contributed by atoms with van der Waals surface area (Å²) >= 11 is 6.15. The standard InChI is InChI=1S/C19H16ClN5O/c1-4-11-9-23-19(21)25-16(11)15-8-14(18(26)22-3)17(24-15)13-7-12(20)6-5-10(13)2/h1,5-9,24H,2-3H3,(H,22,26)(H2,21,23,25). The number of terminal acetylenes is 1. The molecule has 0 aliphatic carbocycles. The summed E-state index contributed by atoms with van der Waals surface area (Å²) in [4.78, 5) is 23.8. The number of nitrogens with two attached hydrogens (primary N) is 1. The Morgan fingerprint density at radius 2 is 2.15 bits per heavy atom. The van der Waals surface area contributed by atoms with Crippen molar-refractivity contribution in [3.8, 4) is 35.0 Å². The van der Waals surface area contributed by atoms with Gasteiger partial charge in [0.1, 0.15) is 5.69 Å². The number of nitrogen functional groups attached to an aromatic ring is 1. The van der Waals surface area contributed by atoms with Crippen LogP contribution in [0.2, 0.25) is 5.02 Å². The molecule has 26 heavy (non-hydrogen) atoms. The Hall–Kier alpha value is -3.30. The number of carbonyl (C=O) groups is 1. The lowest BCUT2D eigenvalue weighted by Crippen LogP contribution is -2.18. The Morgan fingerprint density at radius 3 is 2.85 bits per heavy atom. The van der Waals surface area contributed by atoms with Crippen LogP contribution in [-0.4, -0.2) is 27.9 Å². The smallest absolute Gasteiger partial charge is 0.253 e. The van der Waals surface area contributed by atoms with Gasteiger partial charge in [0.25, 0.3) is 5.91 Å². The second-order valence-electron chi connectivity index (χ2n) is 5.64. The number of anilines is 1. The number of hydrogen-bond acceptors (Lipinski definition) is 4.